The van der Waals surface area contributed by atoms with E-state index in [0.717, 1.165) is 31.2 Å². The molecule has 0 bridgehead atoms. The van der Waals surface area contributed by atoms with Crippen molar-refractivity contribution >= 4 is 0 Å². The van der Waals surface area contributed by atoms with Crippen LogP contribution in [0.1, 0.15) is 58.1 Å². The van der Waals surface area contributed by atoms with Gasteiger partial charge in [-0.2, -0.15) is 0 Å². The largest absolute Gasteiger partial charge is 0.465 e. The summed E-state index contributed by atoms with van der Waals surface area (Å²) in [6.45, 7) is 16.0. The molecule has 3 heteroatoms. The van der Waals surface area contributed by atoms with Crippen molar-refractivity contribution in [1.29, 1.82) is 0 Å². The molecule has 3 nitrogen and oxygen atoms in total. The van der Waals surface area contributed by atoms with Crippen molar-refractivity contribution in [1.82, 2.24) is 10.2 Å². The Labute approximate surface area is 118 Å². The molecule has 0 saturated carbocycles. The van der Waals surface area contributed by atoms with E-state index in [1.165, 1.54) is 12.0 Å². The minimum absolute atomic E-state index is 0.505. The Morgan fingerprint density at radius 1 is 1.26 bits per heavy atom. The second-order valence-corrected chi connectivity index (χ2v) is 5.89. The Hall–Kier alpha value is -0.800. The summed E-state index contributed by atoms with van der Waals surface area (Å²) >= 11 is 0. The van der Waals surface area contributed by atoms with Gasteiger partial charge < -0.3 is 9.73 Å². The molecule has 0 spiro atoms. The molecule has 0 atom stereocenters. The lowest BCUT2D eigenvalue weighted by Gasteiger charge is -2.24. The van der Waals surface area contributed by atoms with Crippen molar-refractivity contribution in [3.05, 3.63) is 23.2 Å². The van der Waals surface area contributed by atoms with Gasteiger partial charge in [0.05, 0.1) is 6.54 Å². The van der Waals surface area contributed by atoms with Crippen LogP contribution in [-0.2, 0) is 13.1 Å². The van der Waals surface area contributed by atoms with Gasteiger partial charge in [0.1, 0.15) is 11.5 Å². The molecule has 0 fully saturated rings. The van der Waals surface area contributed by atoms with Gasteiger partial charge in [-0.05, 0) is 39.8 Å². The van der Waals surface area contributed by atoms with Gasteiger partial charge in [0.2, 0.25) is 0 Å². The molecule has 1 aromatic heterocycles. The van der Waals surface area contributed by atoms with E-state index in [0.29, 0.717) is 12.1 Å². The van der Waals surface area contributed by atoms with Crippen LogP contribution < -0.4 is 5.32 Å². The van der Waals surface area contributed by atoms with E-state index in [2.05, 4.69) is 57.8 Å². The monoisotopic (exact) mass is 266 g/mol. The SMILES string of the molecule is CCCN(Cc1cc(CNC(C)C)c(C)o1)C(C)C. The number of aryl methyl sites for hydroxylation is 1. The molecular weight excluding hydrogens is 236 g/mol. The first-order valence-electron chi connectivity index (χ1n) is 7.49. The average molecular weight is 266 g/mol. The maximum absolute atomic E-state index is 5.89. The maximum Gasteiger partial charge on any atom is 0.118 e. The van der Waals surface area contributed by atoms with Crippen LogP contribution in [0.3, 0.4) is 0 Å². The van der Waals surface area contributed by atoms with Gasteiger partial charge in [0.25, 0.3) is 0 Å². The van der Waals surface area contributed by atoms with Crippen molar-refractivity contribution in [2.75, 3.05) is 6.54 Å². The van der Waals surface area contributed by atoms with Crippen molar-refractivity contribution in [3.8, 4) is 0 Å². The molecule has 0 aliphatic heterocycles. The standard InChI is InChI=1S/C16H30N2O/c1-7-8-18(13(4)5)11-16-9-15(14(6)19-16)10-17-12(2)3/h9,12-13,17H,7-8,10-11H2,1-6H3. The summed E-state index contributed by atoms with van der Waals surface area (Å²) in [5.74, 6) is 2.13. The van der Waals surface area contributed by atoms with Gasteiger partial charge in [-0.25, -0.2) is 0 Å². The predicted molar refractivity (Wildman–Crippen MR) is 81.3 cm³/mol. The lowest BCUT2D eigenvalue weighted by Crippen LogP contribution is -2.30. The fourth-order valence-electron chi connectivity index (χ4n) is 2.16. The van der Waals surface area contributed by atoms with Crippen LogP contribution in [0.2, 0.25) is 0 Å². The molecule has 19 heavy (non-hydrogen) atoms. The summed E-state index contributed by atoms with van der Waals surface area (Å²) < 4.78 is 5.89. The Balaban J connectivity index is 2.66. The van der Waals surface area contributed by atoms with Crippen LogP contribution in [0.5, 0.6) is 0 Å². The molecule has 0 radical (unpaired) electrons. The molecule has 0 aromatic carbocycles. The molecule has 0 aliphatic rings. The summed E-state index contributed by atoms with van der Waals surface area (Å²) in [5, 5.41) is 3.44. The normalized spacial score (nSPS) is 12.1. The van der Waals surface area contributed by atoms with Crippen molar-refractivity contribution in [3.63, 3.8) is 0 Å². The zero-order valence-corrected chi connectivity index (χ0v) is 13.4. The molecule has 0 amide bonds. The average Bonchev–Trinajstić information content (AvgIpc) is 2.66. The molecule has 0 unspecified atom stereocenters. The first-order chi connectivity index (χ1) is 8.93. The van der Waals surface area contributed by atoms with Gasteiger partial charge in [-0.15, -0.1) is 0 Å². The highest BCUT2D eigenvalue weighted by Crippen LogP contribution is 2.17. The third kappa shape index (κ3) is 5.37. The van der Waals surface area contributed by atoms with Crippen LogP contribution in [0.25, 0.3) is 0 Å². The van der Waals surface area contributed by atoms with Gasteiger partial charge in [-0.3, -0.25) is 4.90 Å². The van der Waals surface area contributed by atoms with E-state index in [-0.39, 0.29) is 0 Å². The molecule has 1 rings (SSSR count). The zero-order valence-electron chi connectivity index (χ0n) is 13.4. The third-order valence-corrected chi connectivity index (χ3v) is 3.37. The van der Waals surface area contributed by atoms with Crippen molar-refractivity contribution in [2.45, 2.75) is 73.1 Å². The van der Waals surface area contributed by atoms with E-state index in [1.54, 1.807) is 0 Å². The maximum atomic E-state index is 5.89. The number of rotatable bonds is 8. The highest BCUT2D eigenvalue weighted by Gasteiger charge is 2.13. The van der Waals surface area contributed by atoms with E-state index in [1.807, 2.05) is 0 Å². The minimum atomic E-state index is 0.505. The summed E-state index contributed by atoms with van der Waals surface area (Å²) in [5.41, 5.74) is 1.28. The molecule has 1 aromatic rings. The van der Waals surface area contributed by atoms with Crippen LogP contribution in [0.15, 0.2) is 10.5 Å². The highest BCUT2D eigenvalue weighted by atomic mass is 16.3. The number of nitrogens with zero attached hydrogens (tertiary/aromatic N) is 1. The fourth-order valence-corrected chi connectivity index (χ4v) is 2.16. The third-order valence-electron chi connectivity index (χ3n) is 3.37. The van der Waals surface area contributed by atoms with Crippen LogP contribution >= 0.6 is 0 Å². The Morgan fingerprint density at radius 3 is 2.47 bits per heavy atom. The Kier molecular flexibility index (Phi) is 6.59. The fraction of sp³-hybridized carbons (Fsp3) is 0.750. The highest BCUT2D eigenvalue weighted by molar-refractivity contribution is 5.20. The molecule has 1 heterocycles. The lowest BCUT2D eigenvalue weighted by atomic mass is 10.2. The number of hydrogen-bond acceptors (Lipinski definition) is 3. The summed E-state index contributed by atoms with van der Waals surface area (Å²) in [4.78, 5) is 2.46. The first kappa shape index (κ1) is 16.3. The van der Waals surface area contributed by atoms with Crippen molar-refractivity contribution in [2.24, 2.45) is 0 Å². The molecule has 110 valence electrons. The summed E-state index contributed by atoms with van der Waals surface area (Å²) in [7, 11) is 0. The van der Waals surface area contributed by atoms with Crippen LogP contribution in [-0.4, -0.2) is 23.5 Å². The van der Waals surface area contributed by atoms with Gasteiger partial charge in [0.15, 0.2) is 0 Å². The second-order valence-electron chi connectivity index (χ2n) is 5.89. The van der Waals surface area contributed by atoms with Crippen LogP contribution in [0, 0.1) is 6.92 Å². The lowest BCUT2D eigenvalue weighted by molar-refractivity contribution is 0.196. The predicted octanol–water partition coefficient (Wildman–Crippen LogP) is 3.71. The van der Waals surface area contributed by atoms with E-state index in [4.69, 9.17) is 4.42 Å². The first-order valence-corrected chi connectivity index (χ1v) is 7.49. The molecule has 1 N–H and O–H groups in total. The van der Waals surface area contributed by atoms with Gasteiger partial charge in [0, 0.05) is 24.2 Å². The molecule has 0 saturated heterocycles. The molecular formula is C16H30N2O. The van der Waals surface area contributed by atoms with E-state index >= 15 is 0 Å². The number of nitrogens with one attached hydrogen (secondary N) is 1. The van der Waals surface area contributed by atoms with Crippen molar-refractivity contribution < 1.29 is 4.42 Å². The number of hydrogen-bond donors (Lipinski definition) is 1. The smallest absolute Gasteiger partial charge is 0.118 e. The zero-order chi connectivity index (χ0) is 14.4. The van der Waals surface area contributed by atoms with Gasteiger partial charge in [-0.1, -0.05) is 20.8 Å². The topological polar surface area (TPSA) is 28.4 Å². The van der Waals surface area contributed by atoms with Crippen LogP contribution in [0.4, 0.5) is 0 Å². The van der Waals surface area contributed by atoms with E-state index in [9.17, 15) is 0 Å². The Bertz CT molecular complexity index is 369. The Morgan fingerprint density at radius 2 is 1.95 bits per heavy atom. The molecule has 0 aliphatic carbocycles. The summed E-state index contributed by atoms with van der Waals surface area (Å²) in [6, 6.07) is 3.27. The number of furan rings is 1. The minimum Gasteiger partial charge on any atom is -0.465 e. The summed E-state index contributed by atoms with van der Waals surface area (Å²) in [6.07, 6.45) is 1.18. The quantitative estimate of drug-likeness (QED) is 0.777. The van der Waals surface area contributed by atoms with Gasteiger partial charge >= 0.3 is 0 Å². The second kappa shape index (κ2) is 7.71. The van der Waals surface area contributed by atoms with E-state index < -0.39 is 0 Å².